The predicted octanol–water partition coefficient (Wildman–Crippen LogP) is 1.72. The lowest BCUT2D eigenvalue weighted by Gasteiger charge is -2.28. The Morgan fingerprint density at radius 3 is 2.63 bits per heavy atom. The van der Waals surface area contributed by atoms with Crippen molar-refractivity contribution in [2.75, 3.05) is 33.7 Å². The van der Waals surface area contributed by atoms with Crippen molar-refractivity contribution in [3.63, 3.8) is 0 Å². The van der Waals surface area contributed by atoms with Gasteiger partial charge in [0.1, 0.15) is 0 Å². The zero-order valence-electron chi connectivity index (χ0n) is 15.7. The molecule has 1 amide bonds. The SMILES string of the molecule is CNCCN(C)C(=O)c1cccc(S(=O)(=O)N2CCc3ccccc3C2)c1. The Hall–Kier alpha value is -2.22. The van der Waals surface area contributed by atoms with Crippen LogP contribution in [0.2, 0.25) is 0 Å². The molecular weight excluding hydrogens is 362 g/mol. The van der Waals surface area contributed by atoms with Gasteiger partial charge in [0, 0.05) is 38.8 Å². The van der Waals surface area contributed by atoms with Gasteiger partial charge in [-0.05, 0) is 42.8 Å². The molecule has 1 heterocycles. The van der Waals surface area contributed by atoms with Gasteiger partial charge >= 0.3 is 0 Å². The number of fused-ring (bicyclic) bond motifs is 1. The van der Waals surface area contributed by atoms with E-state index in [4.69, 9.17) is 0 Å². The van der Waals surface area contributed by atoms with Crippen LogP contribution in [0, 0.1) is 0 Å². The molecule has 0 spiro atoms. The third-order valence-electron chi connectivity index (χ3n) is 4.86. The Morgan fingerprint density at radius 1 is 1.15 bits per heavy atom. The second kappa shape index (κ2) is 8.21. The minimum Gasteiger partial charge on any atom is -0.340 e. The van der Waals surface area contributed by atoms with Crippen molar-refractivity contribution in [1.82, 2.24) is 14.5 Å². The first kappa shape index (κ1) is 19.5. The van der Waals surface area contributed by atoms with Crippen LogP contribution in [0.4, 0.5) is 0 Å². The lowest BCUT2D eigenvalue weighted by Crippen LogP contribution is -2.36. The Labute approximate surface area is 160 Å². The maximum Gasteiger partial charge on any atom is 0.253 e. The van der Waals surface area contributed by atoms with Gasteiger partial charge < -0.3 is 10.2 Å². The van der Waals surface area contributed by atoms with Crippen molar-refractivity contribution in [3.8, 4) is 0 Å². The van der Waals surface area contributed by atoms with Crippen LogP contribution in [0.1, 0.15) is 21.5 Å². The normalized spacial score (nSPS) is 14.6. The van der Waals surface area contributed by atoms with Crippen LogP contribution in [0.3, 0.4) is 0 Å². The van der Waals surface area contributed by atoms with Gasteiger partial charge in [0.2, 0.25) is 10.0 Å². The highest BCUT2D eigenvalue weighted by Gasteiger charge is 2.28. The van der Waals surface area contributed by atoms with Crippen LogP contribution in [0.25, 0.3) is 0 Å². The van der Waals surface area contributed by atoms with E-state index in [9.17, 15) is 13.2 Å². The van der Waals surface area contributed by atoms with Gasteiger partial charge in [-0.3, -0.25) is 4.79 Å². The molecule has 2 aromatic rings. The van der Waals surface area contributed by atoms with E-state index >= 15 is 0 Å². The van der Waals surface area contributed by atoms with Crippen molar-refractivity contribution < 1.29 is 13.2 Å². The van der Waals surface area contributed by atoms with Gasteiger partial charge in [0.25, 0.3) is 5.91 Å². The summed E-state index contributed by atoms with van der Waals surface area (Å²) in [5.41, 5.74) is 2.61. The zero-order chi connectivity index (χ0) is 19.4. The van der Waals surface area contributed by atoms with Gasteiger partial charge in [0.15, 0.2) is 0 Å². The molecule has 0 saturated carbocycles. The maximum atomic E-state index is 13.1. The summed E-state index contributed by atoms with van der Waals surface area (Å²) in [7, 11) is -0.121. The first-order valence-electron chi connectivity index (χ1n) is 9.00. The molecule has 1 N–H and O–H groups in total. The Morgan fingerprint density at radius 2 is 1.89 bits per heavy atom. The molecule has 0 bridgehead atoms. The van der Waals surface area contributed by atoms with Crippen LogP contribution in [0.5, 0.6) is 0 Å². The summed E-state index contributed by atoms with van der Waals surface area (Å²) in [6, 6.07) is 14.2. The third kappa shape index (κ3) is 4.21. The molecule has 7 heteroatoms. The van der Waals surface area contributed by atoms with E-state index in [-0.39, 0.29) is 10.8 Å². The van der Waals surface area contributed by atoms with E-state index in [1.165, 1.54) is 15.9 Å². The van der Waals surface area contributed by atoms with Gasteiger partial charge in [-0.15, -0.1) is 0 Å². The summed E-state index contributed by atoms with van der Waals surface area (Å²) in [5.74, 6) is -0.189. The molecule has 144 valence electrons. The summed E-state index contributed by atoms with van der Waals surface area (Å²) in [4.78, 5) is 14.3. The number of amides is 1. The average molecular weight is 388 g/mol. The molecule has 0 atom stereocenters. The first-order valence-corrected chi connectivity index (χ1v) is 10.4. The fraction of sp³-hybridized carbons (Fsp3) is 0.350. The Bertz CT molecular complexity index is 928. The fourth-order valence-electron chi connectivity index (χ4n) is 3.22. The molecule has 3 rings (SSSR count). The molecular formula is C20H25N3O3S. The number of sulfonamides is 1. The van der Waals surface area contributed by atoms with E-state index in [0.29, 0.717) is 38.2 Å². The van der Waals surface area contributed by atoms with Crippen molar-refractivity contribution >= 4 is 15.9 Å². The van der Waals surface area contributed by atoms with Crippen molar-refractivity contribution in [1.29, 1.82) is 0 Å². The fourth-order valence-corrected chi connectivity index (χ4v) is 4.68. The van der Waals surface area contributed by atoms with Crippen LogP contribution >= 0.6 is 0 Å². The largest absolute Gasteiger partial charge is 0.340 e. The number of benzene rings is 2. The molecule has 0 radical (unpaired) electrons. The van der Waals surface area contributed by atoms with E-state index in [2.05, 4.69) is 5.32 Å². The van der Waals surface area contributed by atoms with Crippen molar-refractivity contribution in [2.45, 2.75) is 17.9 Å². The number of carbonyl (C=O) groups is 1. The molecule has 2 aromatic carbocycles. The Kier molecular flexibility index (Phi) is 5.94. The van der Waals surface area contributed by atoms with Crippen LogP contribution in [0.15, 0.2) is 53.4 Å². The second-order valence-electron chi connectivity index (χ2n) is 6.72. The minimum absolute atomic E-state index is 0.162. The van der Waals surface area contributed by atoms with Crippen LogP contribution in [-0.4, -0.2) is 57.3 Å². The molecule has 6 nitrogen and oxygen atoms in total. The molecule has 27 heavy (non-hydrogen) atoms. The number of nitrogens with one attached hydrogen (secondary N) is 1. The summed E-state index contributed by atoms with van der Waals surface area (Å²) >= 11 is 0. The standard InChI is InChI=1S/C20H25N3O3S/c1-21-11-13-22(2)20(24)17-8-5-9-19(14-17)27(25,26)23-12-10-16-6-3-4-7-18(16)15-23/h3-9,14,21H,10-13,15H2,1-2H3. The van der Waals surface area contributed by atoms with Gasteiger partial charge in [-0.2, -0.15) is 4.31 Å². The Balaban J connectivity index is 1.83. The molecule has 0 unspecified atom stereocenters. The first-order chi connectivity index (χ1) is 12.9. The number of rotatable bonds is 6. The van der Waals surface area contributed by atoms with Gasteiger partial charge in [-0.1, -0.05) is 30.3 Å². The number of hydrogen-bond donors (Lipinski definition) is 1. The number of nitrogens with zero attached hydrogens (tertiary/aromatic N) is 2. The topological polar surface area (TPSA) is 69.7 Å². The van der Waals surface area contributed by atoms with Crippen molar-refractivity contribution in [2.24, 2.45) is 0 Å². The van der Waals surface area contributed by atoms with E-state index in [1.54, 1.807) is 30.1 Å². The van der Waals surface area contributed by atoms with E-state index in [1.807, 2.05) is 31.3 Å². The molecule has 0 aromatic heterocycles. The second-order valence-corrected chi connectivity index (χ2v) is 8.65. The lowest BCUT2D eigenvalue weighted by atomic mass is 10.0. The highest BCUT2D eigenvalue weighted by molar-refractivity contribution is 7.89. The highest BCUT2D eigenvalue weighted by Crippen LogP contribution is 2.25. The van der Waals surface area contributed by atoms with Crippen molar-refractivity contribution in [3.05, 3.63) is 65.2 Å². The number of likely N-dealkylation sites (N-methyl/N-ethyl adjacent to an activating group) is 2. The van der Waals surface area contributed by atoms with Gasteiger partial charge in [-0.25, -0.2) is 8.42 Å². The average Bonchev–Trinajstić information content (AvgIpc) is 2.71. The lowest BCUT2D eigenvalue weighted by molar-refractivity contribution is 0.0796. The molecule has 1 aliphatic heterocycles. The van der Waals surface area contributed by atoms with Crippen LogP contribution in [-0.2, 0) is 23.0 Å². The summed E-state index contributed by atoms with van der Waals surface area (Å²) in [5, 5.41) is 3.00. The maximum absolute atomic E-state index is 13.1. The van der Waals surface area contributed by atoms with E-state index in [0.717, 1.165) is 5.56 Å². The summed E-state index contributed by atoms with van der Waals surface area (Å²) in [6.45, 7) is 2.03. The monoisotopic (exact) mass is 387 g/mol. The molecule has 0 aliphatic carbocycles. The summed E-state index contributed by atoms with van der Waals surface area (Å²) in [6.07, 6.45) is 0.695. The third-order valence-corrected chi connectivity index (χ3v) is 6.70. The predicted molar refractivity (Wildman–Crippen MR) is 105 cm³/mol. The molecule has 0 fully saturated rings. The smallest absolute Gasteiger partial charge is 0.253 e. The molecule has 0 saturated heterocycles. The zero-order valence-corrected chi connectivity index (χ0v) is 16.5. The number of carbonyl (C=O) groups excluding carboxylic acids is 1. The highest BCUT2D eigenvalue weighted by atomic mass is 32.2. The molecule has 1 aliphatic rings. The van der Waals surface area contributed by atoms with Crippen LogP contribution < -0.4 is 5.32 Å². The number of hydrogen-bond acceptors (Lipinski definition) is 4. The summed E-state index contributed by atoms with van der Waals surface area (Å²) < 4.78 is 27.7. The quantitative estimate of drug-likeness (QED) is 0.820. The van der Waals surface area contributed by atoms with E-state index < -0.39 is 10.0 Å². The van der Waals surface area contributed by atoms with Gasteiger partial charge in [0.05, 0.1) is 4.90 Å². The minimum atomic E-state index is -3.65.